The Balaban J connectivity index is 1.15. The second-order valence-corrected chi connectivity index (χ2v) is 9.71. The van der Waals surface area contributed by atoms with Gasteiger partial charge in [-0.1, -0.05) is 30.3 Å². The van der Waals surface area contributed by atoms with Gasteiger partial charge < -0.3 is 15.0 Å². The number of imide groups is 1. The van der Waals surface area contributed by atoms with Crippen molar-refractivity contribution >= 4 is 11.9 Å². The fraction of sp³-hybridized carbons (Fsp3) is 0.667. The zero-order valence-corrected chi connectivity index (χ0v) is 18.3. The number of ether oxygens (including phenoxy) is 1. The standard InChI is InChI=1S/C24H34N4O3/c29-22-24(9-13-27(14-10-24)16-19-4-2-1-3-5-19)25-23(30)28(22)21-6-11-26(12-7-21)17-20-8-15-31-18-20/h1-5,20-21H,6-18H2,(H,25,30). The van der Waals surface area contributed by atoms with E-state index < -0.39 is 5.54 Å². The second-order valence-electron chi connectivity index (χ2n) is 9.71. The number of benzene rings is 1. The fourth-order valence-corrected chi connectivity index (χ4v) is 5.70. The maximum absolute atomic E-state index is 13.4. The highest BCUT2D eigenvalue weighted by Gasteiger charge is 2.54. The van der Waals surface area contributed by atoms with E-state index in [-0.39, 0.29) is 18.0 Å². The molecule has 168 valence electrons. The molecular weight excluding hydrogens is 392 g/mol. The molecule has 3 amide bonds. The van der Waals surface area contributed by atoms with Gasteiger partial charge in [0.25, 0.3) is 5.91 Å². The van der Waals surface area contributed by atoms with Crippen molar-refractivity contribution in [2.45, 2.75) is 50.2 Å². The summed E-state index contributed by atoms with van der Waals surface area (Å²) < 4.78 is 5.50. The molecule has 4 aliphatic rings. The van der Waals surface area contributed by atoms with E-state index >= 15 is 0 Å². The monoisotopic (exact) mass is 426 g/mol. The number of likely N-dealkylation sites (tertiary alicyclic amines) is 2. The van der Waals surface area contributed by atoms with Crippen LogP contribution in [0.25, 0.3) is 0 Å². The Hall–Kier alpha value is -1.96. The van der Waals surface area contributed by atoms with Crippen LogP contribution in [-0.4, -0.2) is 84.2 Å². The van der Waals surface area contributed by atoms with Crippen LogP contribution in [0.15, 0.2) is 30.3 Å². The number of carbonyl (C=O) groups excluding carboxylic acids is 2. The second kappa shape index (κ2) is 8.88. The molecule has 0 saturated carbocycles. The summed E-state index contributed by atoms with van der Waals surface area (Å²) in [5, 5.41) is 3.10. The molecule has 0 radical (unpaired) electrons. The molecule has 7 heteroatoms. The minimum Gasteiger partial charge on any atom is -0.381 e. The van der Waals surface area contributed by atoms with Crippen LogP contribution in [0, 0.1) is 5.92 Å². The van der Waals surface area contributed by atoms with Crippen molar-refractivity contribution in [3.8, 4) is 0 Å². The number of hydrogen-bond donors (Lipinski definition) is 1. The summed E-state index contributed by atoms with van der Waals surface area (Å²) in [5.41, 5.74) is 0.598. The van der Waals surface area contributed by atoms with Gasteiger partial charge in [-0.05, 0) is 43.6 Å². The van der Waals surface area contributed by atoms with Crippen LogP contribution in [-0.2, 0) is 16.1 Å². The Bertz CT molecular complexity index is 779. The molecule has 4 saturated heterocycles. The molecule has 1 spiro atoms. The molecule has 5 rings (SSSR count). The van der Waals surface area contributed by atoms with E-state index in [4.69, 9.17) is 4.74 Å². The van der Waals surface area contributed by atoms with Gasteiger partial charge in [-0.2, -0.15) is 0 Å². The molecule has 1 aromatic carbocycles. The molecule has 0 bridgehead atoms. The fourth-order valence-electron chi connectivity index (χ4n) is 5.70. The predicted molar refractivity (Wildman–Crippen MR) is 117 cm³/mol. The van der Waals surface area contributed by atoms with Gasteiger partial charge in [-0.25, -0.2) is 4.79 Å². The SMILES string of the molecule is O=C1NC2(CCN(Cc3ccccc3)CC2)C(=O)N1C1CCN(CC2CCOC2)CC1. The lowest BCUT2D eigenvalue weighted by Crippen LogP contribution is -2.55. The first-order valence-corrected chi connectivity index (χ1v) is 11.9. The van der Waals surface area contributed by atoms with Gasteiger partial charge in [-0.3, -0.25) is 14.6 Å². The Kier molecular flexibility index (Phi) is 5.99. The predicted octanol–water partition coefficient (Wildman–Crippen LogP) is 2.07. The molecule has 1 aromatic rings. The van der Waals surface area contributed by atoms with E-state index in [0.717, 1.165) is 71.7 Å². The number of nitrogens with zero attached hydrogens (tertiary/aromatic N) is 3. The molecule has 1 atom stereocenters. The number of amides is 3. The number of rotatable bonds is 5. The van der Waals surface area contributed by atoms with Crippen molar-refractivity contribution in [3.63, 3.8) is 0 Å². The highest BCUT2D eigenvalue weighted by atomic mass is 16.5. The van der Waals surface area contributed by atoms with Crippen LogP contribution in [0.4, 0.5) is 4.79 Å². The molecule has 0 aliphatic carbocycles. The van der Waals surface area contributed by atoms with E-state index in [0.29, 0.717) is 18.8 Å². The van der Waals surface area contributed by atoms with Gasteiger partial charge >= 0.3 is 6.03 Å². The molecule has 7 nitrogen and oxygen atoms in total. The van der Waals surface area contributed by atoms with Crippen molar-refractivity contribution in [3.05, 3.63) is 35.9 Å². The van der Waals surface area contributed by atoms with E-state index in [2.05, 4.69) is 39.4 Å². The summed E-state index contributed by atoms with van der Waals surface area (Å²) in [4.78, 5) is 32.7. The van der Waals surface area contributed by atoms with Gasteiger partial charge in [-0.15, -0.1) is 0 Å². The molecular formula is C24H34N4O3. The van der Waals surface area contributed by atoms with E-state index in [9.17, 15) is 9.59 Å². The summed E-state index contributed by atoms with van der Waals surface area (Å²) in [5.74, 6) is 0.650. The average Bonchev–Trinajstić information content (AvgIpc) is 3.38. The third-order valence-electron chi connectivity index (χ3n) is 7.61. The largest absolute Gasteiger partial charge is 0.381 e. The van der Waals surface area contributed by atoms with Crippen LogP contribution in [0.1, 0.15) is 37.7 Å². The normalized spacial score (nSPS) is 27.9. The smallest absolute Gasteiger partial charge is 0.325 e. The highest BCUT2D eigenvalue weighted by Crippen LogP contribution is 2.33. The van der Waals surface area contributed by atoms with Crippen molar-refractivity contribution in [1.29, 1.82) is 0 Å². The third-order valence-corrected chi connectivity index (χ3v) is 7.61. The lowest BCUT2D eigenvalue weighted by Gasteiger charge is -2.39. The summed E-state index contributed by atoms with van der Waals surface area (Å²) >= 11 is 0. The molecule has 0 aromatic heterocycles. The zero-order valence-electron chi connectivity index (χ0n) is 18.3. The minimum absolute atomic E-state index is 0.0134. The molecule has 31 heavy (non-hydrogen) atoms. The summed E-state index contributed by atoms with van der Waals surface area (Å²) in [6.45, 7) is 7.30. The summed E-state index contributed by atoms with van der Waals surface area (Å²) in [7, 11) is 0. The Morgan fingerprint density at radius 3 is 2.39 bits per heavy atom. The van der Waals surface area contributed by atoms with Gasteiger partial charge in [0.1, 0.15) is 5.54 Å². The molecule has 4 aliphatic heterocycles. The first-order chi connectivity index (χ1) is 15.1. The van der Waals surface area contributed by atoms with E-state index in [1.807, 2.05) is 6.07 Å². The van der Waals surface area contributed by atoms with Gasteiger partial charge in [0.2, 0.25) is 0 Å². The van der Waals surface area contributed by atoms with Crippen molar-refractivity contribution in [1.82, 2.24) is 20.0 Å². The topological polar surface area (TPSA) is 65.1 Å². The number of hydrogen-bond acceptors (Lipinski definition) is 5. The Morgan fingerprint density at radius 2 is 1.71 bits per heavy atom. The van der Waals surface area contributed by atoms with Crippen LogP contribution in [0.5, 0.6) is 0 Å². The highest BCUT2D eigenvalue weighted by molar-refractivity contribution is 6.07. The van der Waals surface area contributed by atoms with E-state index in [1.54, 1.807) is 4.90 Å². The molecule has 1 N–H and O–H groups in total. The Morgan fingerprint density at radius 1 is 0.968 bits per heavy atom. The number of urea groups is 1. The number of nitrogens with one attached hydrogen (secondary N) is 1. The maximum Gasteiger partial charge on any atom is 0.325 e. The lowest BCUT2D eigenvalue weighted by atomic mass is 9.86. The first-order valence-electron chi connectivity index (χ1n) is 11.9. The Labute approximate surface area is 184 Å². The molecule has 4 fully saturated rings. The summed E-state index contributed by atoms with van der Waals surface area (Å²) in [6.07, 6.45) is 4.30. The van der Waals surface area contributed by atoms with Crippen LogP contribution < -0.4 is 5.32 Å². The number of carbonyl (C=O) groups is 2. The zero-order chi connectivity index (χ0) is 21.3. The first kappa shape index (κ1) is 20.9. The van der Waals surface area contributed by atoms with Gasteiger partial charge in [0, 0.05) is 51.9 Å². The minimum atomic E-state index is -0.692. The van der Waals surface area contributed by atoms with Crippen LogP contribution in [0.2, 0.25) is 0 Å². The van der Waals surface area contributed by atoms with Crippen LogP contribution >= 0.6 is 0 Å². The average molecular weight is 427 g/mol. The maximum atomic E-state index is 13.4. The van der Waals surface area contributed by atoms with Crippen molar-refractivity contribution in [2.24, 2.45) is 5.92 Å². The third kappa shape index (κ3) is 4.36. The lowest BCUT2D eigenvalue weighted by molar-refractivity contribution is -0.135. The summed E-state index contributed by atoms with van der Waals surface area (Å²) in [6, 6.07) is 10.3. The van der Waals surface area contributed by atoms with Crippen LogP contribution in [0.3, 0.4) is 0 Å². The van der Waals surface area contributed by atoms with Gasteiger partial charge in [0.05, 0.1) is 6.61 Å². The molecule has 4 heterocycles. The number of piperidine rings is 2. The van der Waals surface area contributed by atoms with Crippen molar-refractivity contribution in [2.75, 3.05) is 45.9 Å². The van der Waals surface area contributed by atoms with E-state index in [1.165, 1.54) is 5.56 Å². The van der Waals surface area contributed by atoms with Gasteiger partial charge in [0.15, 0.2) is 0 Å². The quantitative estimate of drug-likeness (QED) is 0.731. The van der Waals surface area contributed by atoms with Crippen molar-refractivity contribution < 1.29 is 14.3 Å². The molecule has 1 unspecified atom stereocenters.